The first-order chi connectivity index (χ1) is 16.5. The fourth-order valence-corrected chi connectivity index (χ4v) is 9.34. The van der Waals surface area contributed by atoms with Gasteiger partial charge in [0.15, 0.2) is 6.29 Å². The van der Waals surface area contributed by atoms with Crippen LogP contribution in [0.4, 0.5) is 0 Å². The number of carboxylic acids is 1. The molecule has 1 saturated heterocycles. The van der Waals surface area contributed by atoms with E-state index >= 15 is 0 Å². The normalized spacial score (nSPS) is 52.5. The van der Waals surface area contributed by atoms with Crippen LogP contribution in [0.5, 0.6) is 0 Å². The maximum absolute atomic E-state index is 13.5. The van der Waals surface area contributed by atoms with Gasteiger partial charge in [-0.25, -0.2) is 0 Å². The lowest BCUT2D eigenvalue weighted by atomic mass is 9.43. The molecule has 196 valence electrons. The van der Waals surface area contributed by atoms with Crippen molar-refractivity contribution in [3.8, 4) is 0 Å². The monoisotopic (exact) mass is 492 g/mol. The van der Waals surface area contributed by atoms with Crippen LogP contribution in [0.3, 0.4) is 0 Å². The lowest BCUT2D eigenvalue weighted by Gasteiger charge is -2.58. The molecule has 1 heterocycles. The summed E-state index contributed by atoms with van der Waals surface area (Å²) in [5.41, 5.74) is -2.28. The van der Waals surface area contributed by atoms with Crippen molar-refractivity contribution in [3.05, 3.63) is 11.6 Å². The van der Waals surface area contributed by atoms with Gasteiger partial charge in [0.25, 0.3) is 0 Å². The Morgan fingerprint density at radius 3 is 2.54 bits per heavy atom. The Bertz CT molecular complexity index is 917. The second-order valence-corrected chi connectivity index (χ2v) is 12.2. The number of rotatable bonds is 7. The average Bonchev–Trinajstić information content (AvgIpc) is 3.38. The highest BCUT2D eigenvalue weighted by molar-refractivity contribution is 5.90. The Morgan fingerprint density at radius 1 is 1.23 bits per heavy atom. The zero-order valence-electron chi connectivity index (χ0n) is 21.3. The molecule has 4 aliphatic carbocycles. The second kappa shape index (κ2) is 8.35. The minimum Gasteiger partial charge on any atom is -0.481 e. The Labute approximate surface area is 207 Å². The van der Waals surface area contributed by atoms with Crippen molar-refractivity contribution in [2.75, 3.05) is 13.7 Å². The number of methoxy groups -OCH3 is 1. The fourth-order valence-electron chi connectivity index (χ4n) is 9.34. The van der Waals surface area contributed by atoms with Gasteiger partial charge in [0.1, 0.15) is 30.0 Å². The van der Waals surface area contributed by atoms with Crippen molar-refractivity contribution in [1.29, 1.82) is 0 Å². The van der Waals surface area contributed by atoms with Gasteiger partial charge in [-0.3, -0.25) is 4.79 Å². The number of carbonyl (C=O) groups excluding carboxylic acids is 1. The van der Waals surface area contributed by atoms with E-state index in [1.54, 1.807) is 6.92 Å². The van der Waals surface area contributed by atoms with Gasteiger partial charge >= 0.3 is 5.97 Å². The van der Waals surface area contributed by atoms with Crippen LogP contribution in [0.15, 0.2) is 11.6 Å². The molecule has 12 atom stereocenters. The predicted molar refractivity (Wildman–Crippen MR) is 125 cm³/mol. The van der Waals surface area contributed by atoms with E-state index in [2.05, 4.69) is 13.0 Å². The summed E-state index contributed by atoms with van der Waals surface area (Å²) >= 11 is 0. The van der Waals surface area contributed by atoms with Gasteiger partial charge in [0.2, 0.25) is 0 Å². The SMILES string of the molecule is CO[C@H]1[C@@H](O)[C@H](O)[C@H](OCC23CC4C(C)CCC4C4(C=O)CC2C=C(C(C)C)C43C(=O)O)O[C@@H]1C. The van der Waals surface area contributed by atoms with Crippen molar-refractivity contribution in [2.24, 2.45) is 45.8 Å². The molecule has 8 nitrogen and oxygen atoms in total. The Hall–Kier alpha value is -1.32. The molecule has 3 N–H and O–H groups in total. The Balaban J connectivity index is 1.57. The third kappa shape index (κ3) is 2.92. The van der Waals surface area contributed by atoms with Crippen LogP contribution in [0.2, 0.25) is 0 Å². The van der Waals surface area contributed by atoms with Crippen molar-refractivity contribution >= 4 is 12.3 Å². The van der Waals surface area contributed by atoms with Gasteiger partial charge in [0, 0.05) is 12.5 Å². The van der Waals surface area contributed by atoms with E-state index in [1.807, 2.05) is 13.8 Å². The molecule has 7 unspecified atom stereocenters. The molecule has 4 bridgehead atoms. The highest BCUT2D eigenvalue weighted by Gasteiger charge is 2.84. The highest BCUT2D eigenvalue weighted by Crippen LogP contribution is 2.82. The lowest BCUT2D eigenvalue weighted by Crippen LogP contribution is -2.64. The molecule has 3 saturated carbocycles. The van der Waals surface area contributed by atoms with Gasteiger partial charge in [0.05, 0.1) is 18.1 Å². The van der Waals surface area contributed by atoms with Crippen LogP contribution >= 0.6 is 0 Å². The molecule has 5 aliphatic rings. The highest BCUT2D eigenvalue weighted by atomic mass is 16.7. The summed E-state index contributed by atoms with van der Waals surface area (Å²) in [4.78, 5) is 26.5. The molecule has 4 fully saturated rings. The van der Waals surface area contributed by atoms with Crippen molar-refractivity contribution in [2.45, 2.75) is 84.1 Å². The number of ether oxygens (including phenoxy) is 3. The fraction of sp³-hybridized carbons (Fsp3) is 0.852. The largest absolute Gasteiger partial charge is 0.481 e. The molecular formula is C27H40O8. The molecule has 35 heavy (non-hydrogen) atoms. The lowest BCUT2D eigenvalue weighted by molar-refractivity contribution is -0.306. The predicted octanol–water partition coefficient (Wildman–Crippen LogP) is 2.41. The van der Waals surface area contributed by atoms with Gasteiger partial charge in [-0.1, -0.05) is 38.8 Å². The van der Waals surface area contributed by atoms with E-state index in [0.717, 1.165) is 24.7 Å². The van der Waals surface area contributed by atoms with Gasteiger partial charge < -0.3 is 34.3 Å². The number of aliphatic hydroxyl groups is 2. The molecule has 5 rings (SSSR count). The van der Waals surface area contributed by atoms with Crippen LogP contribution in [0, 0.1) is 45.8 Å². The maximum atomic E-state index is 13.5. The maximum Gasteiger partial charge on any atom is 0.315 e. The number of fused-ring (bicyclic) bond motifs is 2. The number of allylic oxidation sites excluding steroid dienone is 1. The van der Waals surface area contributed by atoms with E-state index in [-0.39, 0.29) is 30.3 Å². The quantitative estimate of drug-likeness (QED) is 0.366. The molecule has 1 aliphatic heterocycles. The number of aliphatic hydroxyl groups excluding tert-OH is 2. The average molecular weight is 493 g/mol. The molecule has 0 aromatic rings. The zero-order valence-corrected chi connectivity index (χ0v) is 21.3. The number of hydrogen-bond acceptors (Lipinski definition) is 7. The molecule has 0 aromatic heterocycles. The Kier molecular flexibility index (Phi) is 6.04. The molecule has 0 amide bonds. The topological polar surface area (TPSA) is 123 Å². The number of hydrogen-bond donors (Lipinski definition) is 3. The van der Waals surface area contributed by atoms with Crippen molar-refractivity contribution < 1.29 is 39.1 Å². The van der Waals surface area contributed by atoms with E-state index in [4.69, 9.17) is 14.2 Å². The van der Waals surface area contributed by atoms with Gasteiger partial charge in [-0.2, -0.15) is 0 Å². The van der Waals surface area contributed by atoms with Crippen LogP contribution in [0.1, 0.15) is 53.4 Å². The number of carbonyl (C=O) groups is 2. The summed E-state index contributed by atoms with van der Waals surface area (Å²) in [5, 5.41) is 32.3. The van der Waals surface area contributed by atoms with Crippen molar-refractivity contribution in [1.82, 2.24) is 0 Å². The molecule has 8 heteroatoms. The van der Waals surface area contributed by atoms with Crippen LogP contribution in [-0.4, -0.2) is 72.0 Å². The summed E-state index contributed by atoms with van der Waals surface area (Å²) in [7, 11) is 1.45. The minimum absolute atomic E-state index is 0.0219. The first-order valence-corrected chi connectivity index (χ1v) is 13.1. The summed E-state index contributed by atoms with van der Waals surface area (Å²) in [5.74, 6) is -0.358. The molecule has 0 aromatic carbocycles. The smallest absolute Gasteiger partial charge is 0.315 e. The van der Waals surface area contributed by atoms with Gasteiger partial charge in [-0.05, 0) is 55.8 Å². The van der Waals surface area contributed by atoms with Crippen LogP contribution < -0.4 is 0 Å². The first kappa shape index (κ1) is 25.3. The van der Waals surface area contributed by atoms with Crippen LogP contribution in [-0.2, 0) is 23.8 Å². The van der Waals surface area contributed by atoms with E-state index in [0.29, 0.717) is 18.8 Å². The minimum atomic E-state index is -1.34. The third-order valence-electron chi connectivity index (χ3n) is 10.7. The number of aldehydes is 1. The van der Waals surface area contributed by atoms with E-state index in [9.17, 15) is 24.9 Å². The van der Waals surface area contributed by atoms with Crippen LogP contribution in [0.25, 0.3) is 0 Å². The first-order valence-electron chi connectivity index (χ1n) is 13.1. The standard InChI is InChI=1S/C27H40O8/c1-13(2)19-8-16-9-25(11-28)18-7-6-14(3)17(18)10-26(16,27(19,25)24(31)32)12-34-23-21(30)20(29)22(33-5)15(4)35-23/h8,11,13-18,20-23,29-30H,6-7,9-10,12H2,1-5H3,(H,31,32)/t14?,15-,16?,17?,18?,20+,21+,22-,23-,25?,26?,27?/m1/s1. The number of aliphatic carboxylic acids is 1. The molecule has 0 radical (unpaired) electrons. The summed E-state index contributed by atoms with van der Waals surface area (Å²) in [6.45, 7) is 8.02. The molecule has 0 spiro atoms. The Morgan fingerprint density at radius 2 is 1.94 bits per heavy atom. The van der Waals surface area contributed by atoms with Gasteiger partial charge in [-0.15, -0.1) is 0 Å². The number of carboxylic acid groups (broad SMARTS) is 1. The summed E-state index contributed by atoms with van der Waals surface area (Å²) in [6, 6.07) is 0. The third-order valence-corrected chi connectivity index (χ3v) is 10.7. The summed E-state index contributed by atoms with van der Waals surface area (Å²) < 4.78 is 17.4. The second-order valence-electron chi connectivity index (χ2n) is 12.2. The van der Waals surface area contributed by atoms with E-state index < -0.39 is 52.9 Å². The molecular weight excluding hydrogens is 452 g/mol. The zero-order chi connectivity index (χ0) is 25.5. The van der Waals surface area contributed by atoms with Crippen molar-refractivity contribution in [3.63, 3.8) is 0 Å². The summed E-state index contributed by atoms with van der Waals surface area (Å²) in [6.07, 6.45) is 1.32. The van der Waals surface area contributed by atoms with E-state index in [1.165, 1.54) is 7.11 Å².